The van der Waals surface area contributed by atoms with Gasteiger partial charge in [0, 0.05) is 37.3 Å². The highest BCUT2D eigenvalue weighted by atomic mass is 32.1. The maximum absolute atomic E-state index is 13.5. The first-order valence-corrected chi connectivity index (χ1v) is 11.5. The predicted molar refractivity (Wildman–Crippen MR) is 126 cm³/mol. The molecule has 168 valence electrons. The van der Waals surface area contributed by atoms with E-state index in [0.29, 0.717) is 41.8 Å². The number of carbonyl (C=O) groups excluding carboxylic acids is 2. The number of hydrogen-bond donors (Lipinski definition) is 0. The van der Waals surface area contributed by atoms with Crippen LogP contribution in [-0.4, -0.2) is 68.1 Å². The highest BCUT2D eigenvalue weighted by Gasteiger charge is 2.24. The van der Waals surface area contributed by atoms with Crippen molar-refractivity contribution in [2.75, 3.05) is 51.4 Å². The van der Waals surface area contributed by atoms with Crippen LogP contribution in [0.1, 0.15) is 33.2 Å². The Kier molecular flexibility index (Phi) is 6.83. The second kappa shape index (κ2) is 9.77. The van der Waals surface area contributed by atoms with E-state index in [0.717, 1.165) is 35.4 Å². The number of fused-ring (bicyclic) bond motifs is 1. The number of thiazole rings is 1. The fourth-order valence-corrected chi connectivity index (χ4v) is 4.81. The molecule has 8 heteroatoms. The zero-order chi connectivity index (χ0) is 22.7. The maximum Gasteiger partial charge on any atom is 0.260 e. The summed E-state index contributed by atoms with van der Waals surface area (Å²) in [4.78, 5) is 34.0. The second-order valence-electron chi connectivity index (χ2n) is 7.80. The molecule has 0 radical (unpaired) electrons. The Morgan fingerprint density at radius 3 is 2.47 bits per heavy atom. The molecule has 32 heavy (non-hydrogen) atoms. The minimum Gasteiger partial charge on any atom is -0.494 e. The predicted octanol–water partition coefficient (Wildman–Crippen LogP) is 3.79. The van der Waals surface area contributed by atoms with Crippen molar-refractivity contribution in [1.82, 2.24) is 9.88 Å². The summed E-state index contributed by atoms with van der Waals surface area (Å²) in [7, 11) is 1.63. The van der Waals surface area contributed by atoms with Gasteiger partial charge in [0.1, 0.15) is 11.3 Å². The van der Waals surface area contributed by atoms with Gasteiger partial charge in [0.05, 0.1) is 25.0 Å². The monoisotopic (exact) mass is 453 g/mol. The number of benzene rings is 2. The third kappa shape index (κ3) is 4.67. The number of Topliss-reactive ketones (excluding diaryl/α,β-unsaturated/α-hetero) is 1. The number of nitrogens with zero attached hydrogens (tertiary/aromatic N) is 3. The van der Waals surface area contributed by atoms with Crippen molar-refractivity contribution in [3.8, 4) is 5.75 Å². The van der Waals surface area contributed by atoms with Crippen LogP contribution < -0.4 is 9.64 Å². The first kappa shape index (κ1) is 22.4. The molecule has 0 spiro atoms. The van der Waals surface area contributed by atoms with Gasteiger partial charge < -0.3 is 9.47 Å². The number of ketones is 1. The lowest BCUT2D eigenvalue weighted by Crippen LogP contribution is -2.43. The van der Waals surface area contributed by atoms with Gasteiger partial charge in [0.15, 0.2) is 10.9 Å². The van der Waals surface area contributed by atoms with Gasteiger partial charge in [-0.3, -0.25) is 19.4 Å². The minimum absolute atomic E-state index is 0.0260. The lowest BCUT2D eigenvalue weighted by molar-refractivity contribution is 0.0391. The van der Waals surface area contributed by atoms with Crippen molar-refractivity contribution < 1.29 is 19.1 Å². The molecule has 2 heterocycles. The van der Waals surface area contributed by atoms with Crippen LogP contribution in [0.25, 0.3) is 10.2 Å². The molecule has 0 atom stereocenters. The summed E-state index contributed by atoms with van der Waals surface area (Å²) in [6.45, 7) is 7.90. The molecule has 1 aliphatic rings. The summed E-state index contributed by atoms with van der Waals surface area (Å²) in [5.41, 5.74) is 2.97. The summed E-state index contributed by atoms with van der Waals surface area (Å²) >= 11 is 1.50. The molecule has 0 saturated carbocycles. The molecule has 0 aliphatic carbocycles. The van der Waals surface area contributed by atoms with Crippen LogP contribution >= 0.6 is 11.3 Å². The molecule has 0 unspecified atom stereocenters. The smallest absolute Gasteiger partial charge is 0.260 e. The number of morpholine rings is 1. The molecule has 0 N–H and O–H groups in total. The Labute approximate surface area is 191 Å². The van der Waals surface area contributed by atoms with Crippen LogP contribution in [0.2, 0.25) is 0 Å². The van der Waals surface area contributed by atoms with Crippen LogP contribution in [0.15, 0.2) is 36.4 Å². The average Bonchev–Trinajstić information content (AvgIpc) is 3.26. The van der Waals surface area contributed by atoms with E-state index in [9.17, 15) is 9.59 Å². The number of rotatable bonds is 7. The number of anilines is 1. The highest BCUT2D eigenvalue weighted by molar-refractivity contribution is 7.22. The van der Waals surface area contributed by atoms with Gasteiger partial charge in [-0.2, -0.15) is 0 Å². The number of ether oxygens (including phenoxy) is 2. The highest BCUT2D eigenvalue weighted by Crippen LogP contribution is 2.36. The van der Waals surface area contributed by atoms with Crippen molar-refractivity contribution in [2.45, 2.75) is 13.8 Å². The molecule has 1 amide bonds. The number of aryl methyl sites for hydroxylation is 1. The van der Waals surface area contributed by atoms with Gasteiger partial charge in [-0.05, 0) is 37.6 Å². The normalized spacial score (nSPS) is 14.5. The first-order chi connectivity index (χ1) is 15.5. The third-order valence-corrected chi connectivity index (χ3v) is 6.88. The van der Waals surface area contributed by atoms with E-state index in [4.69, 9.17) is 14.5 Å². The lowest BCUT2D eigenvalue weighted by atomic mass is 10.1. The van der Waals surface area contributed by atoms with E-state index in [2.05, 4.69) is 4.90 Å². The van der Waals surface area contributed by atoms with E-state index in [-0.39, 0.29) is 11.7 Å². The van der Waals surface area contributed by atoms with Crippen LogP contribution in [-0.2, 0) is 4.74 Å². The minimum atomic E-state index is -0.135. The number of carbonyl (C=O) groups is 2. The summed E-state index contributed by atoms with van der Waals surface area (Å²) in [6, 6.07) is 10.7. The zero-order valence-electron chi connectivity index (χ0n) is 18.6. The van der Waals surface area contributed by atoms with Gasteiger partial charge in [0.25, 0.3) is 5.91 Å². The van der Waals surface area contributed by atoms with Crippen LogP contribution in [0.4, 0.5) is 5.13 Å². The van der Waals surface area contributed by atoms with Gasteiger partial charge in [-0.15, -0.1) is 0 Å². The largest absolute Gasteiger partial charge is 0.494 e. The Bertz CT molecular complexity index is 1120. The van der Waals surface area contributed by atoms with E-state index in [1.807, 2.05) is 19.1 Å². The van der Waals surface area contributed by atoms with E-state index >= 15 is 0 Å². The quantitative estimate of drug-likeness (QED) is 0.507. The molecule has 1 aliphatic heterocycles. The molecule has 0 bridgehead atoms. The van der Waals surface area contributed by atoms with E-state index in [1.54, 1.807) is 36.3 Å². The van der Waals surface area contributed by atoms with Crippen LogP contribution in [0.3, 0.4) is 0 Å². The topological polar surface area (TPSA) is 72.0 Å². The van der Waals surface area contributed by atoms with Gasteiger partial charge >= 0.3 is 0 Å². The molecule has 3 aromatic rings. The molecule has 1 saturated heterocycles. The Morgan fingerprint density at radius 1 is 1.12 bits per heavy atom. The molecule has 1 fully saturated rings. The fraction of sp³-hybridized carbons (Fsp3) is 0.375. The summed E-state index contributed by atoms with van der Waals surface area (Å²) in [5, 5.41) is 0.640. The summed E-state index contributed by atoms with van der Waals surface area (Å²) in [6.07, 6.45) is 0. The number of hydrogen-bond acceptors (Lipinski definition) is 7. The second-order valence-corrected chi connectivity index (χ2v) is 8.78. The van der Waals surface area contributed by atoms with Crippen molar-refractivity contribution in [2.24, 2.45) is 0 Å². The maximum atomic E-state index is 13.5. The van der Waals surface area contributed by atoms with Gasteiger partial charge in [-0.1, -0.05) is 29.5 Å². The molecular weight excluding hydrogens is 426 g/mol. The van der Waals surface area contributed by atoms with Crippen molar-refractivity contribution in [3.63, 3.8) is 0 Å². The van der Waals surface area contributed by atoms with E-state index in [1.165, 1.54) is 18.3 Å². The molecular formula is C24H27N3O4S. The Balaban J connectivity index is 1.68. The third-order valence-electron chi connectivity index (χ3n) is 5.67. The molecule has 4 rings (SSSR count). The summed E-state index contributed by atoms with van der Waals surface area (Å²) < 4.78 is 12.0. The van der Waals surface area contributed by atoms with Crippen LogP contribution in [0, 0.1) is 6.92 Å². The van der Waals surface area contributed by atoms with Gasteiger partial charge in [0.2, 0.25) is 0 Å². The Morgan fingerprint density at radius 2 is 1.81 bits per heavy atom. The number of amides is 1. The Hall–Kier alpha value is -2.81. The standard InChI is InChI=1S/C24H27N3O4S/c1-16-4-9-20(30-3)21-22(16)32-24(25-21)27(11-10-26-12-14-31-15-13-26)23(29)19-7-5-18(6-8-19)17(2)28/h4-9H,10-15H2,1-3H3. The number of aromatic nitrogens is 1. The summed E-state index contributed by atoms with van der Waals surface area (Å²) in [5.74, 6) is 0.533. The van der Waals surface area contributed by atoms with Crippen LogP contribution in [0.5, 0.6) is 5.75 Å². The zero-order valence-corrected chi connectivity index (χ0v) is 19.4. The van der Waals surface area contributed by atoms with Crippen molar-refractivity contribution in [3.05, 3.63) is 53.1 Å². The lowest BCUT2D eigenvalue weighted by Gasteiger charge is -2.29. The molecule has 2 aromatic carbocycles. The number of methoxy groups -OCH3 is 1. The SMILES string of the molecule is COc1ccc(C)c2sc(N(CCN3CCOCC3)C(=O)c3ccc(C(C)=O)cc3)nc12. The van der Waals surface area contributed by atoms with Crippen molar-refractivity contribution >= 4 is 38.4 Å². The molecule has 1 aromatic heterocycles. The fourth-order valence-electron chi connectivity index (χ4n) is 3.73. The van der Waals surface area contributed by atoms with Gasteiger partial charge in [-0.25, -0.2) is 4.98 Å². The van der Waals surface area contributed by atoms with Crippen molar-refractivity contribution in [1.29, 1.82) is 0 Å². The van der Waals surface area contributed by atoms with E-state index < -0.39 is 0 Å². The first-order valence-electron chi connectivity index (χ1n) is 10.6. The average molecular weight is 454 g/mol. The molecule has 7 nitrogen and oxygen atoms in total.